The van der Waals surface area contributed by atoms with Crippen LogP contribution in [0.1, 0.15) is 12.8 Å². The van der Waals surface area contributed by atoms with E-state index in [9.17, 15) is 14.7 Å². The molecule has 0 spiro atoms. The number of rotatable bonds is 5. The van der Waals surface area contributed by atoms with Crippen molar-refractivity contribution < 1.29 is 19.4 Å². The zero-order chi connectivity index (χ0) is 15.2. The van der Waals surface area contributed by atoms with Gasteiger partial charge in [0.1, 0.15) is 6.04 Å². The number of aliphatic hydroxyl groups excluding tert-OH is 1. The fraction of sp³-hybridized carbons (Fsp3) is 0.538. The van der Waals surface area contributed by atoms with Crippen molar-refractivity contribution in [1.29, 1.82) is 0 Å². The lowest BCUT2D eigenvalue weighted by Gasteiger charge is -2.23. The van der Waals surface area contributed by atoms with Crippen molar-refractivity contribution in [3.63, 3.8) is 0 Å². The first-order valence-corrected chi connectivity index (χ1v) is 6.70. The monoisotopic (exact) mass is 294 g/mol. The topological polar surface area (TPSA) is 105 Å². The Labute approximate surface area is 122 Å². The molecule has 1 aromatic heterocycles. The van der Waals surface area contributed by atoms with Crippen molar-refractivity contribution in [3.05, 3.63) is 18.5 Å². The van der Waals surface area contributed by atoms with Gasteiger partial charge in [-0.3, -0.25) is 4.79 Å². The SMILES string of the molecule is COC(=O)C(O)CNC(=O)C1CCCN1c1ncccn1. The standard InChI is InChI=1S/C13H18N4O4/c1-21-12(20)10(18)8-16-11(19)9-4-2-7-17(9)13-14-5-3-6-15-13/h3,5-6,9-10,18H,2,4,7-8H2,1H3,(H,16,19). The van der Waals surface area contributed by atoms with E-state index in [4.69, 9.17) is 0 Å². The van der Waals surface area contributed by atoms with Gasteiger partial charge in [0.2, 0.25) is 11.9 Å². The van der Waals surface area contributed by atoms with Gasteiger partial charge in [-0.25, -0.2) is 14.8 Å². The Kier molecular flexibility index (Phi) is 5.04. The maximum absolute atomic E-state index is 12.2. The summed E-state index contributed by atoms with van der Waals surface area (Å²) in [6.45, 7) is 0.521. The second kappa shape index (κ2) is 6.98. The largest absolute Gasteiger partial charge is 0.467 e. The highest BCUT2D eigenvalue weighted by Crippen LogP contribution is 2.21. The van der Waals surface area contributed by atoms with E-state index in [-0.39, 0.29) is 12.5 Å². The number of hydrogen-bond donors (Lipinski definition) is 2. The molecule has 2 heterocycles. The predicted octanol–water partition coefficient (Wildman–Crippen LogP) is -0.904. The van der Waals surface area contributed by atoms with Gasteiger partial charge < -0.3 is 20.1 Å². The third kappa shape index (κ3) is 3.66. The van der Waals surface area contributed by atoms with Crippen molar-refractivity contribution in [2.75, 3.05) is 25.1 Å². The molecule has 8 heteroatoms. The summed E-state index contributed by atoms with van der Waals surface area (Å²) in [5.74, 6) is -0.531. The third-order valence-electron chi connectivity index (χ3n) is 3.31. The second-order valence-corrected chi connectivity index (χ2v) is 4.68. The van der Waals surface area contributed by atoms with Gasteiger partial charge >= 0.3 is 5.97 Å². The molecule has 1 aliphatic heterocycles. The van der Waals surface area contributed by atoms with Crippen LogP contribution in [-0.2, 0) is 14.3 Å². The van der Waals surface area contributed by atoms with Gasteiger partial charge in [-0.05, 0) is 18.9 Å². The molecule has 2 atom stereocenters. The van der Waals surface area contributed by atoms with Crippen molar-refractivity contribution in [2.24, 2.45) is 0 Å². The Balaban J connectivity index is 1.94. The van der Waals surface area contributed by atoms with Crippen LogP contribution in [0.25, 0.3) is 0 Å². The number of amides is 1. The zero-order valence-corrected chi connectivity index (χ0v) is 11.7. The molecule has 2 N–H and O–H groups in total. The lowest BCUT2D eigenvalue weighted by Crippen LogP contribution is -2.47. The number of ether oxygens (including phenoxy) is 1. The molecular formula is C13H18N4O4. The highest BCUT2D eigenvalue weighted by molar-refractivity contribution is 5.86. The van der Waals surface area contributed by atoms with Crippen LogP contribution < -0.4 is 10.2 Å². The van der Waals surface area contributed by atoms with Crippen LogP contribution in [0.3, 0.4) is 0 Å². The normalized spacial score (nSPS) is 19.1. The van der Waals surface area contributed by atoms with Crippen LogP contribution in [-0.4, -0.2) is 59.3 Å². The molecule has 0 aromatic carbocycles. The highest BCUT2D eigenvalue weighted by Gasteiger charge is 2.32. The molecule has 1 aromatic rings. The Morgan fingerprint density at radius 3 is 2.90 bits per heavy atom. The average molecular weight is 294 g/mol. The summed E-state index contributed by atoms with van der Waals surface area (Å²) in [6.07, 6.45) is 3.42. The summed E-state index contributed by atoms with van der Waals surface area (Å²) >= 11 is 0. The molecule has 0 radical (unpaired) electrons. The molecule has 1 amide bonds. The van der Waals surface area contributed by atoms with Gasteiger partial charge in [-0.2, -0.15) is 0 Å². The van der Waals surface area contributed by atoms with Crippen molar-refractivity contribution in [3.8, 4) is 0 Å². The van der Waals surface area contributed by atoms with Gasteiger partial charge in [0.15, 0.2) is 6.10 Å². The van der Waals surface area contributed by atoms with Crippen LogP contribution in [0, 0.1) is 0 Å². The summed E-state index contributed by atoms with van der Waals surface area (Å²) < 4.78 is 4.39. The van der Waals surface area contributed by atoms with Crippen molar-refractivity contribution in [2.45, 2.75) is 25.0 Å². The highest BCUT2D eigenvalue weighted by atomic mass is 16.5. The average Bonchev–Trinajstić information content (AvgIpc) is 3.01. The molecule has 1 saturated heterocycles. The number of carbonyl (C=O) groups is 2. The first-order chi connectivity index (χ1) is 10.1. The van der Waals surface area contributed by atoms with Crippen LogP contribution >= 0.6 is 0 Å². The molecule has 2 rings (SSSR count). The van der Waals surface area contributed by atoms with Crippen LogP contribution in [0.2, 0.25) is 0 Å². The first-order valence-electron chi connectivity index (χ1n) is 6.70. The number of methoxy groups -OCH3 is 1. The Bertz CT molecular complexity index is 496. The number of hydrogen-bond acceptors (Lipinski definition) is 7. The number of anilines is 1. The minimum Gasteiger partial charge on any atom is -0.467 e. The lowest BCUT2D eigenvalue weighted by molar-refractivity contribution is -0.150. The van der Waals surface area contributed by atoms with E-state index < -0.39 is 18.1 Å². The Morgan fingerprint density at radius 2 is 2.24 bits per heavy atom. The summed E-state index contributed by atoms with van der Waals surface area (Å²) in [7, 11) is 1.18. The molecule has 1 fully saturated rings. The number of nitrogens with zero attached hydrogens (tertiary/aromatic N) is 3. The number of aliphatic hydroxyl groups is 1. The van der Waals surface area contributed by atoms with E-state index in [1.54, 1.807) is 18.5 Å². The maximum Gasteiger partial charge on any atom is 0.336 e. The fourth-order valence-corrected chi connectivity index (χ4v) is 2.25. The van der Waals surface area contributed by atoms with Gasteiger partial charge in [0, 0.05) is 18.9 Å². The molecule has 1 aliphatic rings. The van der Waals surface area contributed by atoms with E-state index in [2.05, 4.69) is 20.0 Å². The first kappa shape index (κ1) is 15.2. The van der Waals surface area contributed by atoms with E-state index in [1.165, 1.54) is 7.11 Å². The minimum absolute atomic E-state index is 0.175. The molecule has 0 aliphatic carbocycles. The number of carbonyl (C=O) groups excluding carboxylic acids is 2. The fourth-order valence-electron chi connectivity index (χ4n) is 2.25. The predicted molar refractivity (Wildman–Crippen MR) is 73.4 cm³/mol. The molecular weight excluding hydrogens is 276 g/mol. The number of esters is 1. The zero-order valence-electron chi connectivity index (χ0n) is 11.7. The maximum atomic E-state index is 12.2. The van der Waals surface area contributed by atoms with Gasteiger partial charge in [-0.15, -0.1) is 0 Å². The van der Waals surface area contributed by atoms with Crippen LogP contribution in [0.4, 0.5) is 5.95 Å². The Morgan fingerprint density at radius 1 is 1.52 bits per heavy atom. The van der Waals surface area contributed by atoms with Crippen molar-refractivity contribution in [1.82, 2.24) is 15.3 Å². The van der Waals surface area contributed by atoms with Gasteiger partial charge in [0.25, 0.3) is 0 Å². The minimum atomic E-state index is -1.36. The summed E-state index contributed by atoms with van der Waals surface area (Å²) in [4.78, 5) is 33.4. The number of nitrogens with one attached hydrogen (secondary N) is 1. The molecule has 0 bridgehead atoms. The molecule has 0 saturated carbocycles. The smallest absolute Gasteiger partial charge is 0.336 e. The summed E-state index contributed by atoms with van der Waals surface area (Å²) in [6, 6.07) is 1.32. The molecule has 8 nitrogen and oxygen atoms in total. The van der Waals surface area contributed by atoms with E-state index in [0.717, 1.165) is 6.42 Å². The van der Waals surface area contributed by atoms with E-state index >= 15 is 0 Å². The lowest BCUT2D eigenvalue weighted by atomic mass is 10.2. The summed E-state index contributed by atoms with van der Waals surface area (Å²) in [5.41, 5.74) is 0. The number of aromatic nitrogens is 2. The Hall–Kier alpha value is -2.22. The molecule has 114 valence electrons. The molecule has 21 heavy (non-hydrogen) atoms. The quantitative estimate of drug-likeness (QED) is 0.678. The van der Waals surface area contributed by atoms with E-state index in [1.807, 2.05) is 4.90 Å². The van der Waals surface area contributed by atoms with E-state index in [0.29, 0.717) is 18.9 Å². The van der Waals surface area contributed by atoms with Crippen molar-refractivity contribution >= 4 is 17.8 Å². The van der Waals surface area contributed by atoms with Crippen LogP contribution in [0.5, 0.6) is 0 Å². The molecule has 2 unspecified atom stereocenters. The van der Waals surface area contributed by atoms with Crippen LogP contribution in [0.15, 0.2) is 18.5 Å². The van der Waals surface area contributed by atoms with Gasteiger partial charge in [0.05, 0.1) is 13.7 Å². The third-order valence-corrected chi connectivity index (χ3v) is 3.31. The van der Waals surface area contributed by atoms with Gasteiger partial charge in [-0.1, -0.05) is 0 Å². The second-order valence-electron chi connectivity index (χ2n) is 4.68. The summed E-state index contributed by atoms with van der Waals surface area (Å²) in [5, 5.41) is 12.0.